The van der Waals surface area contributed by atoms with E-state index in [2.05, 4.69) is 43.0 Å². The second kappa shape index (κ2) is 9.53. The smallest absolute Gasteiger partial charge is 0.221 e. The lowest BCUT2D eigenvalue weighted by atomic mass is 10.1. The van der Waals surface area contributed by atoms with E-state index in [1.54, 1.807) is 6.33 Å². The van der Waals surface area contributed by atoms with E-state index in [0.717, 1.165) is 37.4 Å². The van der Waals surface area contributed by atoms with Crippen LogP contribution in [0.1, 0.15) is 39.7 Å². The van der Waals surface area contributed by atoms with Gasteiger partial charge < -0.3 is 14.8 Å². The Morgan fingerprint density at radius 1 is 1.20 bits per heavy atom. The Balaban J connectivity index is 2.56. The molecule has 5 heteroatoms. The van der Waals surface area contributed by atoms with Gasteiger partial charge in [-0.2, -0.15) is 0 Å². The number of nitrogens with zero attached hydrogens (tertiary/aromatic N) is 2. The fraction of sp³-hybridized carbons (Fsp3) is 0.733. The van der Waals surface area contributed by atoms with Gasteiger partial charge in [0.25, 0.3) is 0 Å². The SMILES string of the molecule is CCCc1c(NCC)ncnc1OCCOCC(C)C. The molecule has 5 nitrogen and oxygen atoms in total. The lowest BCUT2D eigenvalue weighted by Gasteiger charge is -2.14. The maximum atomic E-state index is 5.74. The zero-order valence-corrected chi connectivity index (χ0v) is 13.1. The van der Waals surface area contributed by atoms with Crippen molar-refractivity contribution in [2.75, 3.05) is 31.7 Å². The molecule has 0 radical (unpaired) electrons. The molecule has 0 bridgehead atoms. The van der Waals surface area contributed by atoms with Crippen LogP contribution < -0.4 is 10.1 Å². The molecule has 114 valence electrons. The zero-order valence-electron chi connectivity index (χ0n) is 13.1. The Labute approximate surface area is 122 Å². The molecule has 0 amide bonds. The highest BCUT2D eigenvalue weighted by Gasteiger charge is 2.11. The molecule has 0 aliphatic carbocycles. The van der Waals surface area contributed by atoms with E-state index < -0.39 is 0 Å². The van der Waals surface area contributed by atoms with Gasteiger partial charge in [0.05, 0.1) is 12.2 Å². The Kier molecular flexibility index (Phi) is 7.95. The fourth-order valence-electron chi connectivity index (χ4n) is 1.83. The topological polar surface area (TPSA) is 56.3 Å². The van der Waals surface area contributed by atoms with Crippen molar-refractivity contribution < 1.29 is 9.47 Å². The van der Waals surface area contributed by atoms with Crippen LogP contribution in [-0.4, -0.2) is 36.3 Å². The minimum Gasteiger partial charge on any atom is -0.475 e. The third-order valence-electron chi connectivity index (χ3n) is 2.67. The van der Waals surface area contributed by atoms with Gasteiger partial charge in [-0.25, -0.2) is 9.97 Å². The summed E-state index contributed by atoms with van der Waals surface area (Å²) in [6, 6.07) is 0. The van der Waals surface area contributed by atoms with E-state index in [-0.39, 0.29) is 0 Å². The van der Waals surface area contributed by atoms with E-state index in [1.165, 1.54) is 0 Å². The summed E-state index contributed by atoms with van der Waals surface area (Å²) in [7, 11) is 0. The normalized spacial score (nSPS) is 10.8. The van der Waals surface area contributed by atoms with Crippen LogP contribution in [0.2, 0.25) is 0 Å². The summed E-state index contributed by atoms with van der Waals surface area (Å²) in [6.45, 7) is 11.2. The highest BCUT2D eigenvalue weighted by atomic mass is 16.5. The molecule has 0 aliphatic rings. The predicted octanol–water partition coefficient (Wildman–Crippen LogP) is 2.91. The first-order valence-electron chi connectivity index (χ1n) is 7.47. The standard InChI is InChI=1S/C15H27N3O2/c1-5-7-13-14(16-6-2)17-11-18-15(13)20-9-8-19-10-12(3)4/h11-12H,5-10H2,1-4H3,(H,16,17,18). The minimum atomic E-state index is 0.520. The number of aromatic nitrogens is 2. The molecule has 1 aromatic rings. The molecule has 0 atom stereocenters. The Morgan fingerprint density at radius 2 is 2.00 bits per heavy atom. The molecule has 0 aliphatic heterocycles. The minimum absolute atomic E-state index is 0.520. The van der Waals surface area contributed by atoms with Crippen molar-refractivity contribution in [2.45, 2.75) is 40.5 Å². The van der Waals surface area contributed by atoms with Crippen LogP contribution in [0.15, 0.2) is 6.33 Å². The van der Waals surface area contributed by atoms with Gasteiger partial charge in [-0.3, -0.25) is 0 Å². The second-order valence-electron chi connectivity index (χ2n) is 5.10. The second-order valence-corrected chi connectivity index (χ2v) is 5.10. The maximum absolute atomic E-state index is 5.74. The van der Waals surface area contributed by atoms with Crippen LogP contribution in [-0.2, 0) is 11.2 Å². The number of hydrogen-bond acceptors (Lipinski definition) is 5. The lowest BCUT2D eigenvalue weighted by Crippen LogP contribution is -2.13. The number of nitrogens with one attached hydrogen (secondary N) is 1. The summed E-state index contributed by atoms with van der Waals surface area (Å²) in [5.74, 6) is 2.10. The van der Waals surface area contributed by atoms with Crippen LogP contribution >= 0.6 is 0 Å². The molecule has 0 unspecified atom stereocenters. The highest BCUT2D eigenvalue weighted by molar-refractivity contribution is 5.48. The highest BCUT2D eigenvalue weighted by Crippen LogP contribution is 2.23. The Hall–Kier alpha value is -1.36. The number of anilines is 1. The molecule has 1 N–H and O–H groups in total. The van der Waals surface area contributed by atoms with Gasteiger partial charge >= 0.3 is 0 Å². The third-order valence-corrected chi connectivity index (χ3v) is 2.67. The third kappa shape index (κ3) is 5.74. The predicted molar refractivity (Wildman–Crippen MR) is 81.3 cm³/mol. The van der Waals surface area contributed by atoms with Crippen molar-refractivity contribution in [1.82, 2.24) is 9.97 Å². The Morgan fingerprint density at radius 3 is 2.65 bits per heavy atom. The van der Waals surface area contributed by atoms with Crippen molar-refractivity contribution in [3.05, 3.63) is 11.9 Å². The van der Waals surface area contributed by atoms with Gasteiger partial charge in [0.1, 0.15) is 18.8 Å². The van der Waals surface area contributed by atoms with Gasteiger partial charge in [-0.15, -0.1) is 0 Å². The molecule has 0 aromatic carbocycles. The zero-order chi connectivity index (χ0) is 14.8. The van der Waals surface area contributed by atoms with E-state index in [9.17, 15) is 0 Å². The van der Waals surface area contributed by atoms with Crippen molar-refractivity contribution in [3.63, 3.8) is 0 Å². The summed E-state index contributed by atoms with van der Waals surface area (Å²) in [6.07, 6.45) is 3.48. The molecule has 1 heterocycles. The van der Waals surface area contributed by atoms with Crippen molar-refractivity contribution in [1.29, 1.82) is 0 Å². The van der Waals surface area contributed by atoms with Crippen LogP contribution in [0.5, 0.6) is 5.88 Å². The molecule has 0 saturated heterocycles. The fourth-order valence-corrected chi connectivity index (χ4v) is 1.83. The summed E-state index contributed by atoms with van der Waals surface area (Å²) in [4.78, 5) is 8.53. The quantitative estimate of drug-likeness (QED) is 0.668. The molecule has 0 spiro atoms. The van der Waals surface area contributed by atoms with Crippen LogP contribution in [0, 0.1) is 5.92 Å². The van der Waals surface area contributed by atoms with Crippen molar-refractivity contribution in [2.24, 2.45) is 5.92 Å². The maximum Gasteiger partial charge on any atom is 0.221 e. The van der Waals surface area contributed by atoms with Crippen LogP contribution in [0.4, 0.5) is 5.82 Å². The van der Waals surface area contributed by atoms with Gasteiger partial charge in [-0.05, 0) is 19.3 Å². The number of ether oxygens (including phenoxy) is 2. The molecule has 20 heavy (non-hydrogen) atoms. The van der Waals surface area contributed by atoms with E-state index >= 15 is 0 Å². The van der Waals surface area contributed by atoms with Crippen molar-refractivity contribution in [3.8, 4) is 5.88 Å². The summed E-state index contributed by atoms with van der Waals surface area (Å²) >= 11 is 0. The summed E-state index contributed by atoms with van der Waals surface area (Å²) in [5.41, 5.74) is 1.06. The van der Waals surface area contributed by atoms with Crippen LogP contribution in [0.25, 0.3) is 0 Å². The molecular formula is C15H27N3O2. The summed E-state index contributed by atoms with van der Waals surface area (Å²) < 4.78 is 11.3. The van der Waals surface area contributed by atoms with E-state index in [4.69, 9.17) is 9.47 Å². The van der Waals surface area contributed by atoms with Gasteiger partial charge in [-0.1, -0.05) is 27.2 Å². The largest absolute Gasteiger partial charge is 0.475 e. The molecule has 0 saturated carbocycles. The van der Waals surface area contributed by atoms with E-state index in [1.807, 2.05) is 0 Å². The number of hydrogen-bond donors (Lipinski definition) is 1. The van der Waals surface area contributed by atoms with Gasteiger partial charge in [0, 0.05) is 13.2 Å². The first-order chi connectivity index (χ1) is 9.69. The summed E-state index contributed by atoms with van der Waals surface area (Å²) in [5, 5.41) is 3.26. The van der Waals surface area contributed by atoms with Gasteiger partial charge in [0.15, 0.2) is 0 Å². The molecule has 0 fully saturated rings. The monoisotopic (exact) mass is 281 g/mol. The average molecular weight is 281 g/mol. The van der Waals surface area contributed by atoms with Crippen LogP contribution in [0.3, 0.4) is 0 Å². The first kappa shape index (κ1) is 16.7. The van der Waals surface area contributed by atoms with Crippen molar-refractivity contribution >= 4 is 5.82 Å². The first-order valence-corrected chi connectivity index (χ1v) is 7.47. The lowest BCUT2D eigenvalue weighted by molar-refractivity contribution is 0.0803. The van der Waals surface area contributed by atoms with Gasteiger partial charge in [0.2, 0.25) is 5.88 Å². The molecular weight excluding hydrogens is 254 g/mol. The Bertz CT molecular complexity index is 383. The van der Waals surface area contributed by atoms with E-state index in [0.29, 0.717) is 25.0 Å². The average Bonchev–Trinajstić information content (AvgIpc) is 2.41. The molecule has 1 aromatic heterocycles. The molecule has 1 rings (SSSR count). The number of rotatable bonds is 10.